The Bertz CT molecular complexity index is 1090. The van der Waals surface area contributed by atoms with Crippen LogP contribution in [0.25, 0.3) is 11.4 Å². The van der Waals surface area contributed by atoms with E-state index in [9.17, 15) is 4.79 Å². The van der Waals surface area contributed by atoms with Gasteiger partial charge in [0, 0.05) is 29.1 Å². The number of carbonyl (C=O) groups is 1. The summed E-state index contributed by atoms with van der Waals surface area (Å²) in [7, 11) is 0. The van der Waals surface area contributed by atoms with Crippen molar-refractivity contribution in [3.05, 3.63) is 64.0 Å². The summed E-state index contributed by atoms with van der Waals surface area (Å²) in [5, 5.41) is 13.0. The van der Waals surface area contributed by atoms with Crippen LogP contribution < -0.4 is 0 Å². The van der Waals surface area contributed by atoms with E-state index in [1.165, 1.54) is 30.5 Å². The fourth-order valence-corrected chi connectivity index (χ4v) is 4.31. The molecular weight excluding hydrogens is 398 g/mol. The lowest BCUT2D eigenvalue weighted by molar-refractivity contribution is 0.0960. The Morgan fingerprint density at radius 2 is 2.03 bits per heavy atom. The molecule has 4 rings (SSSR count). The first kappa shape index (κ1) is 20.5. The number of carbonyl (C=O) groups excluding carboxylic acids is 1. The Hall–Kier alpha value is -2.73. The maximum absolute atomic E-state index is 12.9. The summed E-state index contributed by atoms with van der Waals surface area (Å²) in [4.78, 5) is 14.3. The molecule has 0 atom stereocenters. The predicted octanol–water partition coefficient (Wildman–Crippen LogP) is 5.19. The second kappa shape index (κ2) is 8.96. The van der Waals surface area contributed by atoms with Crippen LogP contribution >= 0.6 is 11.6 Å². The minimum Gasteiger partial charge on any atom is -0.348 e. The van der Waals surface area contributed by atoms with Crippen LogP contribution in [-0.4, -0.2) is 30.6 Å². The molecule has 156 valence electrons. The summed E-state index contributed by atoms with van der Waals surface area (Å²) in [6.07, 6.45) is 8.44. The standard InChI is InChI=1S/C23H26ClN5O/c1-16-14-20(17(2)28(16)13-12-18-8-4-3-5-9-18)22(30)15-29-26-23(25-27-29)19-10-6-7-11-21(19)24/h6-8,10-11,14H,3-5,9,12-13,15H2,1-2H3. The minimum atomic E-state index is -0.0191. The molecule has 30 heavy (non-hydrogen) atoms. The van der Waals surface area contributed by atoms with Gasteiger partial charge >= 0.3 is 0 Å². The van der Waals surface area contributed by atoms with Gasteiger partial charge < -0.3 is 4.57 Å². The lowest BCUT2D eigenvalue weighted by Gasteiger charge is -2.15. The highest BCUT2D eigenvalue weighted by atomic mass is 35.5. The number of aromatic nitrogens is 5. The van der Waals surface area contributed by atoms with Crippen molar-refractivity contribution in [3.8, 4) is 11.4 Å². The summed E-state index contributed by atoms with van der Waals surface area (Å²) in [5.41, 5.74) is 5.08. The van der Waals surface area contributed by atoms with Crippen molar-refractivity contribution in [1.82, 2.24) is 24.8 Å². The second-order valence-electron chi connectivity index (χ2n) is 7.84. The number of halogens is 1. The van der Waals surface area contributed by atoms with Crippen LogP contribution in [0.3, 0.4) is 0 Å². The van der Waals surface area contributed by atoms with Crippen molar-refractivity contribution < 1.29 is 4.79 Å². The fraction of sp³-hybridized carbons (Fsp3) is 0.391. The largest absolute Gasteiger partial charge is 0.348 e. The molecule has 0 bridgehead atoms. The second-order valence-corrected chi connectivity index (χ2v) is 8.25. The van der Waals surface area contributed by atoms with Crippen LogP contribution in [-0.2, 0) is 13.1 Å². The van der Waals surface area contributed by atoms with E-state index in [1.807, 2.05) is 31.2 Å². The minimum absolute atomic E-state index is 0.0191. The summed E-state index contributed by atoms with van der Waals surface area (Å²) >= 11 is 6.21. The van der Waals surface area contributed by atoms with Gasteiger partial charge in [-0.1, -0.05) is 35.4 Å². The Kier molecular flexibility index (Phi) is 6.13. The van der Waals surface area contributed by atoms with Gasteiger partial charge in [0.05, 0.1) is 5.02 Å². The Balaban J connectivity index is 1.46. The van der Waals surface area contributed by atoms with E-state index in [1.54, 1.807) is 11.6 Å². The third-order valence-corrected chi connectivity index (χ3v) is 6.10. The average Bonchev–Trinajstić information content (AvgIpc) is 3.32. The molecule has 0 amide bonds. The Morgan fingerprint density at radius 3 is 2.80 bits per heavy atom. The third-order valence-electron chi connectivity index (χ3n) is 5.77. The molecular formula is C23H26ClN5O. The van der Waals surface area contributed by atoms with Crippen LogP contribution in [0, 0.1) is 13.8 Å². The number of hydrogen-bond donors (Lipinski definition) is 0. The quantitative estimate of drug-likeness (QED) is 0.387. The van der Waals surface area contributed by atoms with Gasteiger partial charge in [0.15, 0.2) is 5.78 Å². The van der Waals surface area contributed by atoms with Crippen molar-refractivity contribution in [2.45, 2.75) is 59.0 Å². The molecule has 0 saturated carbocycles. The van der Waals surface area contributed by atoms with E-state index in [0.717, 1.165) is 29.9 Å². The molecule has 3 aromatic rings. The molecule has 0 radical (unpaired) electrons. The number of Topliss-reactive ketones (excluding diaryl/α,β-unsaturated/α-hetero) is 1. The molecule has 0 N–H and O–H groups in total. The van der Waals surface area contributed by atoms with Crippen LogP contribution in [0.2, 0.25) is 5.02 Å². The molecule has 0 aliphatic heterocycles. The summed E-state index contributed by atoms with van der Waals surface area (Å²) < 4.78 is 2.24. The number of nitrogens with zero attached hydrogens (tertiary/aromatic N) is 5. The number of benzene rings is 1. The van der Waals surface area contributed by atoms with Gasteiger partial charge in [-0.15, -0.1) is 10.2 Å². The molecule has 7 heteroatoms. The summed E-state index contributed by atoms with van der Waals surface area (Å²) in [5.74, 6) is 0.397. The first-order valence-electron chi connectivity index (χ1n) is 10.4. The molecule has 1 aromatic carbocycles. The molecule has 1 aliphatic rings. The van der Waals surface area contributed by atoms with Crippen molar-refractivity contribution in [3.63, 3.8) is 0 Å². The topological polar surface area (TPSA) is 65.6 Å². The number of hydrogen-bond acceptors (Lipinski definition) is 4. The molecule has 0 saturated heterocycles. The smallest absolute Gasteiger partial charge is 0.206 e. The molecule has 6 nitrogen and oxygen atoms in total. The van der Waals surface area contributed by atoms with Gasteiger partial charge in [-0.25, -0.2) is 0 Å². The van der Waals surface area contributed by atoms with Gasteiger partial charge in [0.2, 0.25) is 5.82 Å². The lowest BCUT2D eigenvalue weighted by atomic mass is 9.97. The van der Waals surface area contributed by atoms with Gasteiger partial charge in [-0.3, -0.25) is 4.79 Å². The maximum atomic E-state index is 12.9. The zero-order valence-corrected chi connectivity index (χ0v) is 18.2. The van der Waals surface area contributed by atoms with Crippen LogP contribution in [0.4, 0.5) is 0 Å². The maximum Gasteiger partial charge on any atom is 0.206 e. The summed E-state index contributed by atoms with van der Waals surface area (Å²) in [6, 6.07) is 9.30. The Labute approximate surface area is 181 Å². The van der Waals surface area contributed by atoms with E-state index in [-0.39, 0.29) is 12.3 Å². The van der Waals surface area contributed by atoms with Crippen molar-refractivity contribution in [1.29, 1.82) is 0 Å². The summed E-state index contributed by atoms with van der Waals surface area (Å²) in [6.45, 7) is 5.03. The van der Waals surface area contributed by atoms with Crippen LogP contribution in [0.5, 0.6) is 0 Å². The number of aryl methyl sites for hydroxylation is 1. The van der Waals surface area contributed by atoms with Crippen LogP contribution in [0.15, 0.2) is 42.0 Å². The van der Waals surface area contributed by atoms with Gasteiger partial charge in [0.1, 0.15) is 6.54 Å². The first-order chi connectivity index (χ1) is 14.5. The molecule has 0 fully saturated rings. The highest BCUT2D eigenvalue weighted by Gasteiger charge is 2.18. The SMILES string of the molecule is Cc1cc(C(=O)Cn2nnc(-c3ccccc3Cl)n2)c(C)n1CCC1=CCCCC1. The predicted molar refractivity (Wildman–Crippen MR) is 118 cm³/mol. The highest BCUT2D eigenvalue weighted by Crippen LogP contribution is 2.25. The molecule has 0 spiro atoms. The number of allylic oxidation sites excluding steroid dienone is 2. The van der Waals surface area contributed by atoms with E-state index >= 15 is 0 Å². The van der Waals surface area contributed by atoms with Crippen molar-refractivity contribution in [2.24, 2.45) is 0 Å². The zero-order valence-electron chi connectivity index (χ0n) is 17.4. The monoisotopic (exact) mass is 423 g/mol. The molecule has 2 heterocycles. The normalized spacial score (nSPS) is 14.0. The third kappa shape index (κ3) is 4.38. The fourth-order valence-electron chi connectivity index (χ4n) is 4.09. The first-order valence-corrected chi connectivity index (χ1v) is 10.8. The number of tetrazole rings is 1. The number of ketones is 1. The van der Waals surface area contributed by atoms with Crippen molar-refractivity contribution >= 4 is 17.4 Å². The lowest BCUT2D eigenvalue weighted by Crippen LogP contribution is -2.14. The highest BCUT2D eigenvalue weighted by molar-refractivity contribution is 6.33. The van der Waals surface area contributed by atoms with E-state index in [2.05, 4.69) is 33.0 Å². The van der Waals surface area contributed by atoms with Gasteiger partial charge in [0.25, 0.3) is 0 Å². The number of rotatable bonds is 7. The van der Waals surface area contributed by atoms with Crippen molar-refractivity contribution in [2.75, 3.05) is 0 Å². The van der Waals surface area contributed by atoms with E-state index < -0.39 is 0 Å². The van der Waals surface area contributed by atoms with E-state index in [4.69, 9.17) is 11.6 Å². The van der Waals surface area contributed by atoms with E-state index in [0.29, 0.717) is 16.4 Å². The zero-order chi connectivity index (χ0) is 21.1. The molecule has 2 aromatic heterocycles. The molecule has 0 unspecified atom stereocenters. The van der Waals surface area contributed by atoms with Gasteiger partial charge in [-0.2, -0.15) is 4.80 Å². The Morgan fingerprint density at radius 1 is 1.20 bits per heavy atom. The van der Waals surface area contributed by atoms with Gasteiger partial charge in [-0.05, 0) is 69.4 Å². The molecule has 1 aliphatic carbocycles. The van der Waals surface area contributed by atoms with Crippen LogP contribution in [0.1, 0.15) is 53.8 Å². The average molecular weight is 424 g/mol.